The highest BCUT2D eigenvalue weighted by Gasteiger charge is 2.15. The molecule has 1 N–H and O–H groups in total. The van der Waals surface area contributed by atoms with Gasteiger partial charge in [-0.2, -0.15) is 0 Å². The first-order chi connectivity index (χ1) is 9.24. The summed E-state index contributed by atoms with van der Waals surface area (Å²) in [5.41, 5.74) is 1.08. The van der Waals surface area contributed by atoms with E-state index in [0.29, 0.717) is 6.61 Å². The van der Waals surface area contributed by atoms with Gasteiger partial charge in [0.15, 0.2) is 0 Å². The van der Waals surface area contributed by atoms with Crippen LogP contribution in [0, 0.1) is 0 Å². The number of rotatable bonds is 6. The molecule has 2 aromatic rings. The van der Waals surface area contributed by atoms with Gasteiger partial charge in [0.2, 0.25) is 0 Å². The summed E-state index contributed by atoms with van der Waals surface area (Å²) >= 11 is 7.57. The van der Waals surface area contributed by atoms with Crippen molar-refractivity contribution in [3.63, 3.8) is 0 Å². The normalized spacial score (nSPS) is 12.4. The summed E-state index contributed by atoms with van der Waals surface area (Å²) in [4.78, 5) is 5.41. The van der Waals surface area contributed by atoms with Gasteiger partial charge in [0, 0.05) is 11.1 Å². The van der Waals surface area contributed by atoms with E-state index in [0.717, 1.165) is 22.1 Å². The second-order valence-electron chi connectivity index (χ2n) is 4.17. The molecule has 0 aliphatic rings. The first-order valence-corrected chi connectivity index (χ1v) is 7.44. The number of thiophene rings is 1. The molecule has 0 amide bonds. The second kappa shape index (κ2) is 6.89. The van der Waals surface area contributed by atoms with Crippen molar-refractivity contribution in [2.45, 2.75) is 19.4 Å². The van der Waals surface area contributed by atoms with Crippen molar-refractivity contribution in [3.05, 3.63) is 45.4 Å². The van der Waals surface area contributed by atoms with E-state index in [1.807, 2.05) is 31.4 Å². The number of nitrogens with zero attached hydrogens (tertiary/aromatic N) is 1. The summed E-state index contributed by atoms with van der Waals surface area (Å²) in [6, 6.07) is 6.07. The third-order valence-corrected chi connectivity index (χ3v) is 4.00. The minimum atomic E-state index is 0.0928. The van der Waals surface area contributed by atoms with E-state index in [4.69, 9.17) is 16.3 Å². The first-order valence-electron chi connectivity index (χ1n) is 6.24. The molecule has 0 bridgehead atoms. The molecule has 1 unspecified atom stereocenters. The van der Waals surface area contributed by atoms with Gasteiger partial charge in [0.25, 0.3) is 0 Å². The maximum atomic E-state index is 6.00. The molecular formula is C14H17ClN2OS. The molecule has 0 aliphatic carbocycles. The number of halogens is 1. The van der Waals surface area contributed by atoms with E-state index in [-0.39, 0.29) is 6.04 Å². The van der Waals surface area contributed by atoms with Crippen molar-refractivity contribution in [3.8, 4) is 5.75 Å². The molecule has 0 aromatic carbocycles. The van der Waals surface area contributed by atoms with Gasteiger partial charge in [-0.25, -0.2) is 0 Å². The van der Waals surface area contributed by atoms with Crippen molar-refractivity contribution in [1.29, 1.82) is 0 Å². The lowest BCUT2D eigenvalue weighted by molar-refractivity contribution is 0.315. The molecule has 102 valence electrons. The maximum Gasteiger partial charge on any atom is 0.137 e. The molecule has 0 saturated heterocycles. The lowest BCUT2D eigenvalue weighted by Gasteiger charge is -2.15. The van der Waals surface area contributed by atoms with Crippen LogP contribution < -0.4 is 10.1 Å². The van der Waals surface area contributed by atoms with E-state index < -0.39 is 0 Å². The summed E-state index contributed by atoms with van der Waals surface area (Å²) in [6.45, 7) is 2.79. The fraction of sp³-hybridized carbons (Fsp3) is 0.357. The van der Waals surface area contributed by atoms with Crippen molar-refractivity contribution >= 4 is 22.9 Å². The van der Waals surface area contributed by atoms with Crippen molar-refractivity contribution in [1.82, 2.24) is 10.3 Å². The summed E-state index contributed by atoms with van der Waals surface area (Å²) < 4.78 is 6.41. The maximum absolute atomic E-state index is 6.00. The van der Waals surface area contributed by atoms with Gasteiger partial charge < -0.3 is 10.1 Å². The average molecular weight is 297 g/mol. The lowest BCUT2D eigenvalue weighted by Crippen LogP contribution is -2.16. The van der Waals surface area contributed by atoms with Gasteiger partial charge >= 0.3 is 0 Å². The van der Waals surface area contributed by atoms with Crippen LogP contribution in [0.5, 0.6) is 5.75 Å². The zero-order valence-corrected chi connectivity index (χ0v) is 12.6. The first kappa shape index (κ1) is 14.3. The molecule has 2 heterocycles. The van der Waals surface area contributed by atoms with Crippen LogP contribution in [0.25, 0.3) is 0 Å². The Bertz CT molecular complexity index is 530. The monoisotopic (exact) mass is 296 g/mol. The Morgan fingerprint density at radius 1 is 1.42 bits per heavy atom. The Balaban J connectivity index is 2.23. The topological polar surface area (TPSA) is 34.1 Å². The molecule has 1 atom stereocenters. The van der Waals surface area contributed by atoms with Crippen LogP contribution in [0.4, 0.5) is 0 Å². The zero-order chi connectivity index (χ0) is 13.7. The molecule has 0 radical (unpaired) electrons. The van der Waals surface area contributed by atoms with E-state index in [1.54, 1.807) is 17.5 Å². The molecule has 0 aliphatic heterocycles. The molecule has 2 rings (SSSR count). The Morgan fingerprint density at radius 3 is 2.89 bits per heavy atom. The highest BCUT2D eigenvalue weighted by atomic mass is 35.5. The smallest absolute Gasteiger partial charge is 0.137 e. The third kappa shape index (κ3) is 3.69. The molecule has 2 aromatic heterocycles. The van der Waals surface area contributed by atoms with Gasteiger partial charge in [0.1, 0.15) is 5.75 Å². The summed E-state index contributed by atoms with van der Waals surface area (Å²) in [5, 5.41) is 3.29. The Labute approximate surface area is 122 Å². The number of nitrogens with one attached hydrogen (secondary N) is 1. The minimum Gasteiger partial charge on any atom is -0.492 e. The fourth-order valence-corrected chi connectivity index (χ4v) is 3.05. The summed E-state index contributed by atoms with van der Waals surface area (Å²) in [7, 11) is 1.93. The zero-order valence-electron chi connectivity index (χ0n) is 11.0. The van der Waals surface area contributed by atoms with E-state index in [9.17, 15) is 0 Å². The van der Waals surface area contributed by atoms with Gasteiger partial charge in [-0.05, 0) is 37.2 Å². The quantitative estimate of drug-likeness (QED) is 0.878. The molecule has 19 heavy (non-hydrogen) atoms. The Kier molecular flexibility index (Phi) is 5.19. The van der Waals surface area contributed by atoms with E-state index >= 15 is 0 Å². The SMILES string of the molecule is CCCOc1cncc(C(NC)c2ccc(Cl)s2)c1. The molecule has 0 spiro atoms. The summed E-state index contributed by atoms with van der Waals surface area (Å²) in [6.07, 6.45) is 4.58. The van der Waals surface area contributed by atoms with Gasteiger partial charge in [-0.3, -0.25) is 4.98 Å². The Hall–Kier alpha value is -1.10. The van der Waals surface area contributed by atoms with Crippen molar-refractivity contribution in [2.24, 2.45) is 0 Å². The van der Waals surface area contributed by atoms with Crippen LogP contribution in [-0.2, 0) is 0 Å². The van der Waals surface area contributed by atoms with Crippen molar-refractivity contribution < 1.29 is 4.74 Å². The van der Waals surface area contributed by atoms with Crippen LogP contribution in [0.1, 0.15) is 29.8 Å². The molecule has 3 nitrogen and oxygen atoms in total. The number of hydrogen-bond donors (Lipinski definition) is 1. The molecule has 0 saturated carbocycles. The largest absolute Gasteiger partial charge is 0.492 e. The van der Waals surface area contributed by atoms with Gasteiger partial charge in [-0.1, -0.05) is 18.5 Å². The number of pyridine rings is 1. The highest BCUT2D eigenvalue weighted by molar-refractivity contribution is 7.16. The Morgan fingerprint density at radius 2 is 2.26 bits per heavy atom. The predicted molar refractivity (Wildman–Crippen MR) is 80.3 cm³/mol. The van der Waals surface area contributed by atoms with Crippen molar-refractivity contribution in [2.75, 3.05) is 13.7 Å². The van der Waals surface area contributed by atoms with Crippen LogP contribution in [0.15, 0.2) is 30.6 Å². The van der Waals surface area contributed by atoms with Crippen LogP contribution in [-0.4, -0.2) is 18.6 Å². The molecule has 5 heteroatoms. The standard InChI is InChI=1S/C14H17ClN2OS/c1-3-6-18-11-7-10(8-17-9-11)14(16-2)12-4-5-13(15)19-12/h4-5,7-9,14,16H,3,6H2,1-2H3. The van der Waals surface area contributed by atoms with Crippen LogP contribution in [0.3, 0.4) is 0 Å². The second-order valence-corrected chi connectivity index (χ2v) is 5.91. The number of ether oxygens (including phenoxy) is 1. The molecular weight excluding hydrogens is 280 g/mol. The summed E-state index contributed by atoms with van der Waals surface area (Å²) in [5.74, 6) is 0.808. The van der Waals surface area contributed by atoms with E-state index in [1.165, 1.54) is 4.88 Å². The molecule has 0 fully saturated rings. The van der Waals surface area contributed by atoms with Crippen LogP contribution in [0.2, 0.25) is 4.34 Å². The lowest BCUT2D eigenvalue weighted by atomic mass is 10.1. The minimum absolute atomic E-state index is 0.0928. The highest BCUT2D eigenvalue weighted by Crippen LogP contribution is 2.31. The third-order valence-electron chi connectivity index (χ3n) is 2.71. The average Bonchev–Trinajstić information content (AvgIpc) is 2.84. The number of aromatic nitrogens is 1. The van der Waals surface area contributed by atoms with Crippen LogP contribution >= 0.6 is 22.9 Å². The van der Waals surface area contributed by atoms with Gasteiger partial charge in [-0.15, -0.1) is 11.3 Å². The van der Waals surface area contributed by atoms with Gasteiger partial charge in [0.05, 0.1) is 23.2 Å². The fourth-order valence-electron chi connectivity index (χ4n) is 1.85. The predicted octanol–water partition coefficient (Wildman–Crippen LogP) is 3.89. The number of hydrogen-bond acceptors (Lipinski definition) is 4. The van der Waals surface area contributed by atoms with E-state index in [2.05, 4.69) is 17.2 Å².